The van der Waals surface area contributed by atoms with Crippen LogP contribution in [0.4, 0.5) is 5.69 Å². The van der Waals surface area contributed by atoms with E-state index in [0.717, 1.165) is 31.6 Å². The van der Waals surface area contributed by atoms with Crippen molar-refractivity contribution in [2.45, 2.75) is 6.42 Å². The number of anilines is 1. The number of rotatable bonds is 5. The van der Waals surface area contributed by atoms with Crippen LogP contribution in [-0.2, 0) is 0 Å². The number of hydrogen-bond donors (Lipinski definition) is 0. The molecule has 0 radical (unpaired) electrons. The Hall–Kier alpha value is -3.65. The summed E-state index contributed by atoms with van der Waals surface area (Å²) in [5.74, 6) is 0.461. The highest BCUT2D eigenvalue weighted by atomic mass is 16.2. The molecule has 1 aromatic heterocycles. The average molecular weight is 396 g/mol. The molecular formula is C25H24N4O. The van der Waals surface area contributed by atoms with Crippen LogP contribution in [0.15, 0.2) is 72.9 Å². The molecule has 2 aromatic carbocycles. The van der Waals surface area contributed by atoms with Crippen LogP contribution in [0.1, 0.15) is 22.3 Å². The first kappa shape index (κ1) is 19.7. The Morgan fingerprint density at radius 3 is 2.80 bits per heavy atom. The number of hydrogen-bond acceptors (Lipinski definition) is 4. The molecule has 5 heteroatoms. The molecule has 150 valence electrons. The number of amides is 1. The number of nitrogens with zero attached hydrogens (tertiary/aromatic N) is 4. The van der Waals surface area contributed by atoms with Gasteiger partial charge in [0.05, 0.1) is 17.3 Å². The van der Waals surface area contributed by atoms with Crippen LogP contribution in [0.5, 0.6) is 0 Å². The number of carbonyl (C=O) groups is 1. The molecule has 0 aliphatic carbocycles. The van der Waals surface area contributed by atoms with Gasteiger partial charge in [-0.15, -0.1) is 0 Å². The van der Waals surface area contributed by atoms with Gasteiger partial charge in [0.15, 0.2) is 0 Å². The highest BCUT2D eigenvalue weighted by Crippen LogP contribution is 2.25. The molecule has 1 fully saturated rings. The SMILES string of the molecule is CN(CC1CCN(c2ccccc2)C1)C(=O)c1cccc(-c2cc(C#N)ccn2)c1. The molecule has 5 nitrogen and oxygen atoms in total. The third-order valence-electron chi connectivity index (χ3n) is 5.58. The highest BCUT2D eigenvalue weighted by molar-refractivity contribution is 5.95. The fourth-order valence-electron chi connectivity index (χ4n) is 4.02. The van der Waals surface area contributed by atoms with Gasteiger partial charge in [0, 0.05) is 49.7 Å². The van der Waals surface area contributed by atoms with E-state index in [4.69, 9.17) is 5.26 Å². The number of benzene rings is 2. The van der Waals surface area contributed by atoms with Gasteiger partial charge in [-0.2, -0.15) is 5.26 Å². The topological polar surface area (TPSA) is 60.2 Å². The smallest absolute Gasteiger partial charge is 0.253 e. The van der Waals surface area contributed by atoms with Crippen molar-refractivity contribution >= 4 is 11.6 Å². The lowest BCUT2D eigenvalue weighted by atomic mass is 10.0. The normalized spacial score (nSPS) is 15.6. The summed E-state index contributed by atoms with van der Waals surface area (Å²) in [6, 6.07) is 23.4. The lowest BCUT2D eigenvalue weighted by Gasteiger charge is -2.23. The van der Waals surface area contributed by atoms with E-state index in [9.17, 15) is 4.79 Å². The molecule has 1 aliphatic heterocycles. The first-order valence-corrected chi connectivity index (χ1v) is 10.2. The van der Waals surface area contributed by atoms with Gasteiger partial charge in [0.25, 0.3) is 5.91 Å². The lowest BCUT2D eigenvalue weighted by Crippen LogP contribution is -2.33. The summed E-state index contributed by atoms with van der Waals surface area (Å²) in [7, 11) is 1.87. The van der Waals surface area contributed by atoms with Gasteiger partial charge in [-0.3, -0.25) is 9.78 Å². The van der Waals surface area contributed by atoms with E-state index >= 15 is 0 Å². The fourth-order valence-corrected chi connectivity index (χ4v) is 4.02. The maximum Gasteiger partial charge on any atom is 0.253 e. The maximum atomic E-state index is 13.0. The summed E-state index contributed by atoms with van der Waals surface area (Å²) in [6.07, 6.45) is 2.70. The van der Waals surface area contributed by atoms with Gasteiger partial charge in [-0.05, 0) is 48.7 Å². The molecule has 1 amide bonds. The predicted octanol–water partition coefficient (Wildman–Crippen LogP) is 4.22. The Morgan fingerprint density at radius 1 is 1.17 bits per heavy atom. The van der Waals surface area contributed by atoms with Crippen molar-refractivity contribution in [2.24, 2.45) is 5.92 Å². The number of aromatic nitrogens is 1. The fraction of sp³-hybridized carbons (Fsp3) is 0.240. The average Bonchev–Trinajstić information content (AvgIpc) is 3.27. The second kappa shape index (κ2) is 8.79. The molecular weight excluding hydrogens is 372 g/mol. The van der Waals surface area contributed by atoms with E-state index in [-0.39, 0.29) is 5.91 Å². The highest BCUT2D eigenvalue weighted by Gasteiger charge is 2.25. The van der Waals surface area contributed by atoms with Crippen LogP contribution in [0.3, 0.4) is 0 Å². The maximum absolute atomic E-state index is 13.0. The van der Waals surface area contributed by atoms with E-state index in [1.54, 1.807) is 18.3 Å². The number of para-hydroxylation sites is 1. The van der Waals surface area contributed by atoms with E-state index in [1.165, 1.54) is 5.69 Å². The van der Waals surface area contributed by atoms with E-state index in [2.05, 4.69) is 40.2 Å². The standard InChI is InChI=1S/C25H24N4O/c1-28(17-20-11-13-29(18-20)23-8-3-2-4-9-23)25(30)22-7-5-6-21(15-22)24-14-19(16-26)10-12-27-24/h2-10,12,14-15,20H,11,13,17-18H2,1H3. The van der Waals surface area contributed by atoms with Crippen LogP contribution in [0.25, 0.3) is 11.3 Å². The Labute approximate surface area is 177 Å². The first-order valence-electron chi connectivity index (χ1n) is 10.2. The first-order chi connectivity index (χ1) is 14.6. The van der Waals surface area contributed by atoms with E-state index < -0.39 is 0 Å². The minimum Gasteiger partial charge on any atom is -0.371 e. The lowest BCUT2D eigenvalue weighted by molar-refractivity contribution is 0.0776. The molecule has 1 aliphatic rings. The summed E-state index contributed by atoms with van der Waals surface area (Å²) in [6.45, 7) is 2.72. The van der Waals surface area contributed by atoms with Crippen molar-refractivity contribution < 1.29 is 4.79 Å². The number of pyridine rings is 1. The third-order valence-corrected chi connectivity index (χ3v) is 5.58. The van der Waals surface area contributed by atoms with E-state index in [1.807, 2.05) is 42.3 Å². The van der Waals surface area contributed by atoms with Crippen LogP contribution in [0.2, 0.25) is 0 Å². The van der Waals surface area contributed by atoms with Crippen molar-refractivity contribution in [1.29, 1.82) is 5.26 Å². The minimum atomic E-state index is 0.00597. The van der Waals surface area contributed by atoms with Gasteiger partial charge in [0.2, 0.25) is 0 Å². The third kappa shape index (κ3) is 4.33. The second-order valence-electron chi connectivity index (χ2n) is 7.74. The molecule has 1 atom stereocenters. The monoisotopic (exact) mass is 396 g/mol. The number of carbonyl (C=O) groups excluding carboxylic acids is 1. The molecule has 4 rings (SSSR count). The van der Waals surface area contributed by atoms with Crippen molar-refractivity contribution in [2.75, 3.05) is 31.6 Å². The molecule has 0 saturated carbocycles. The Balaban J connectivity index is 1.43. The zero-order valence-corrected chi connectivity index (χ0v) is 17.0. The predicted molar refractivity (Wildman–Crippen MR) is 118 cm³/mol. The Kier molecular flexibility index (Phi) is 5.76. The van der Waals surface area contributed by atoms with Gasteiger partial charge in [-0.25, -0.2) is 0 Å². The van der Waals surface area contributed by atoms with Gasteiger partial charge < -0.3 is 9.80 Å². The molecule has 0 spiro atoms. The summed E-state index contributed by atoms with van der Waals surface area (Å²) in [5.41, 5.74) is 3.96. The largest absolute Gasteiger partial charge is 0.371 e. The molecule has 1 saturated heterocycles. The zero-order chi connectivity index (χ0) is 20.9. The van der Waals surface area contributed by atoms with Crippen LogP contribution in [0, 0.1) is 17.2 Å². The van der Waals surface area contributed by atoms with Crippen molar-refractivity contribution in [3.8, 4) is 17.3 Å². The van der Waals surface area contributed by atoms with Gasteiger partial charge in [0.1, 0.15) is 0 Å². The van der Waals surface area contributed by atoms with E-state index in [0.29, 0.717) is 22.7 Å². The minimum absolute atomic E-state index is 0.00597. The van der Waals surface area contributed by atoms with Crippen LogP contribution < -0.4 is 4.90 Å². The molecule has 0 bridgehead atoms. The summed E-state index contributed by atoms with van der Waals surface area (Å²) < 4.78 is 0. The second-order valence-corrected chi connectivity index (χ2v) is 7.74. The summed E-state index contributed by atoms with van der Waals surface area (Å²) in [4.78, 5) is 21.6. The van der Waals surface area contributed by atoms with Crippen LogP contribution in [-0.4, -0.2) is 42.5 Å². The van der Waals surface area contributed by atoms with Gasteiger partial charge >= 0.3 is 0 Å². The molecule has 30 heavy (non-hydrogen) atoms. The molecule has 2 heterocycles. The van der Waals surface area contributed by atoms with Crippen molar-refractivity contribution in [1.82, 2.24) is 9.88 Å². The van der Waals surface area contributed by atoms with Gasteiger partial charge in [-0.1, -0.05) is 30.3 Å². The van der Waals surface area contributed by atoms with Crippen molar-refractivity contribution in [3.05, 3.63) is 84.1 Å². The Morgan fingerprint density at radius 2 is 2.00 bits per heavy atom. The van der Waals surface area contributed by atoms with Crippen LogP contribution >= 0.6 is 0 Å². The summed E-state index contributed by atoms with van der Waals surface area (Å²) in [5, 5.41) is 9.11. The quantitative estimate of drug-likeness (QED) is 0.648. The molecule has 3 aromatic rings. The number of nitriles is 1. The zero-order valence-electron chi connectivity index (χ0n) is 17.0. The molecule has 0 N–H and O–H groups in total. The van der Waals surface area contributed by atoms with Crippen molar-refractivity contribution in [3.63, 3.8) is 0 Å². The summed E-state index contributed by atoms with van der Waals surface area (Å²) >= 11 is 0. The Bertz CT molecular complexity index is 1070. The molecule has 1 unspecified atom stereocenters.